The molecule has 0 saturated carbocycles. The maximum Gasteiger partial charge on any atom is 0.194 e. The fourth-order valence-electron chi connectivity index (χ4n) is 2.41. The number of halogens is 1. The summed E-state index contributed by atoms with van der Waals surface area (Å²) >= 11 is 0. The molecular weight excluding hydrogens is 377 g/mol. The van der Waals surface area contributed by atoms with Gasteiger partial charge in [-0.15, -0.1) is 24.0 Å². The van der Waals surface area contributed by atoms with Crippen LogP contribution in [0.4, 0.5) is 0 Å². The summed E-state index contributed by atoms with van der Waals surface area (Å²) in [7, 11) is 0. The Morgan fingerprint density at radius 3 is 2.48 bits per heavy atom. The molecule has 1 saturated heterocycles. The highest BCUT2D eigenvalue weighted by Gasteiger charge is 2.18. The average Bonchev–Trinajstić information content (AvgIpc) is 2.46. The molecule has 4 nitrogen and oxygen atoms in total. The van der Waals surface area contributed by atoms with E-state index in [4.69, 9.17) is 4.99 Å². The number of hydrogen-bond donors (Lipinski definition) is 2. The zero-order valence-corrected chi connectivity index (χ0v) is 15.2. The van der Waals surface area contributed by atoms with Gasteiger partial charge in [0.25, 0.3) is 0 Å². The third-order valence-corrected chi connectivity index (χ3v) is 3.77. The summed E-state index contributed by atoms with van der Waals surface area (Å²) in [5.41, 5.74) is 1.11. The molecule has 21 heavy (non-hydrogen) atoms. The average molecular weight is 403 g/mol. The third-order valence-electron chi connectivity index (χ3n) is 3.77. The lowest BCUT2D eigenvalue weighted by Gasteiger charge is -2.33. The van der Waals surface area contributed by atoms with Crippen molar-refractivity contribution in [2.45, 2.75) is 33.2 Å². The molecule has 1 aromatic rings. The molecule has 0 unspecified atom stereocenters. The van der Waals surface area contributed by atoms with Gasteiger partial charge in [-0.05, 0) is 43.4 Å². The summed E-state index contributed by atoms with van der Waals surface area (Å²) in [5, 5.41) is 12.7. The second kappa shape index (κ2) is 9.12. The Morgan fingerprint density at radius 1 is 1.29 bits per heavy atom. The number of benzene rings is 1. The van der Waals surface area contributed by atoms with Gasteiger partial charge in [0.1, 0.15) is 5.75 Å². The van der Waals surface area contributed by atoms with Crippen molar-refractivity contribution in [2.75, 3.05) is 19.6 Å². The first-order valence-corrected chi connectivity index (χ1v) is 7.50. The summed E-state index contributed by atoms with van der Waals surface area (Å²) in [4.78, 5) is 7.06. The van der Waals surface area contributed by atoms with Gasteiger partial charge in [0.2, 0.25) is 0 Å². The number of rotatable bonds is 3. The molecule has 0 radical (unpaired) electrons. The number of nitrogens with zero attached hydrogens (tertiary/aromatic N) is 2. The number of aliphatic imine (C=N–C) groups is 1. The van der Waals surface area contributed by atoms with E-state index in [1.54, 1.807) is 12.1 Å². The van der Waals surface area contributed by atoms with Gasteiger partial charge in [0.05, 0.1) is 6.54 Å². The van der Waals surface area contributed by atoms with Crippen LogP contribution in [0, 0.1) is 5.92 Å². The predicted molar refractivity (Wildman–Crippen MR) is 98.3 cm³/mol. The lowest BCUT2D eigenvalue weighted by Crippen LogP contribution is -2.45. The Bertz CT molecular complexity index is 439. The Balaban J connectivity index is 0.00000220. The molecule has 0 aromatic heterocycles. The van der Waals surface area contributed by atoms with E-state index in [0.29, 0.717) is 12.3 Å². The summed E-state index contributed by atoms with van der Waals surface area (Å²) in [6.07, 6.45) is 2.48. The van der Waals surface area contributed by atoms with E-state index in [-0.39, 0.29) is 24.0 Å². The van der Waals surface area contributed by atoms with Crippen molar-refractivity contribution >= 4 is 29.9 Å². The Hall–Kier alpha value is -0.980. The number of guanidine groups is 1. The lowest BCUT2D eigenvalue weighted by molar-refractivity contribution is 0.273. The highest BCUT2D eigenvalue weighted by atomic mass is 127. The minimum absolute atomic E-state index is 0. The number of hydrogen-bond acceptors (Lipinski definition) is 2. The zero-order chi connectivity index (χ0) is 14.4. The van der Waals surface area contributed by atoms with Gasteiger partial charge in [0, 0.05) is 19.6 Å². The molecule has 1 aliphatic rings. The molecule has 1 heterocycles. The number of phenols is 1. The van der Waals surface area contributed by atoms with Crippen LogP contribution in [0.15, 0.2) is 29.3 Å². The molecule has 2 rings (SSSR count). The quantitative estimate of drug-likeness (QED) is 0.463. The van der Waals surface area contributed by atoms with Gasteiger partial charge >= 0.3 is 0 Å². The highest BCUT2D eigenvalue weighted by Crippen LogP contribution is 2.16. The SMILES string of the molecule is CCNC(=NCc1ccc(O)cc1)N1CCC(C)CC1.I. The topological polar surface area (TPSA) is 47.9 Å². The van der Waals surface area contributed by atoms with Crippen molar-refractivity contribution in [1.82, 2.24) is 10.2 Å². The lowest BCUT2D eigenvalue weighted by atomic mass is 10.00. The van der Waals surface area contributed by atoms with E-state index < -0.39 is 0 Å². The molecule has 0 bridgehead atoms. The molecule has 0 atom stereocenters. The van der Waals surface area contributed by atoms with Crippen molar-refractivity contribution in [2.24, 2.45) is 10.9 Å². The molecule has 5 heteroatoms. The van der Waals surface area contributed by atoms with Crippen LogP contribution in [0.5, 0.6) is 5.75 Å². The maximum atomic E-state index is 9.29. The number of aromatic hydroxyl groups is 1. The first-order chi connectivity index (χ1) is 9.69. The van der Waals surface area contributed by atoms with Crippen molar-refractivity contribution in [3.05, 3.63) is 29.8 Å². The Morgan fingerprint density at radius 2 is 1.90 bits per heavy atom. The predicted octanol–water partition coefficient (Wildman–Crippen LogP) is 3.21. The summed E-state index contributed by atoms with van der Waals surface area (Å²) in [6, 6.07) is 7.25. The number of piperidine rings is 1. The Kier molecular flexibility index (Phi) is 7.85. The zero-order valence-electron chi connectivity index (χ0n) is 12.9. The molecule has 118 valence electrons. The molecule has 0 aliphatic carbocycles. The van der Waals surface area contributed by atoms with Gasteiger partial charge in [-0.2, -0.15) is 0 Å². The van der Waals surface area contributed by atoms with E-state index >= 15 is 0 Å². The van der Waals surface area contributed by atoms with Crippen molar-refractivity contribution < 1.29 is 5.11 Å². The molecular formula is C16H26IN3O. The van der Waals surface area contributed by atoms with Gasteiger partial charge in [0.15, 0.2) is 5.96 Å². The van der Waals surface area contributed by atoms with E-state index in [2.05, 4.69) is 24.1 Å². The standard InChI is InChI=1S/C16H25N3O.HI/c1-3-17-16(19-10-8-13(2)9-11-19)18-12-14-4-6-15(20)7-5-14;/h4-7,13,20H,3,8-12H2,1-2H3,(H,17,18);1H. The second-order valence-corrected chi connectivity index (χ2v) is 5.51. The second-order valence-electron chi connectivity index (χ2n) is 5.51. The molecule has 1 fully saturated rings. The van der Waals surface area contributed by atoms with Gasteiger partial charge < -0.3 is 15.3 Å². The van der Waals surface area contributed by atoms with Crippen LogP contribution in [0.3, 0.4) is 0 Å². The molecule has 1 aromatic carbocycles. The third kappa shape index (κ3) is 5.73. The Labute approximate surface area is 144 Å². The highest BCUT2D eigenvalue weighted by molar-refractivity contribution is 14.0. The van der Waals surface area contributed by atoms with Crippen molar-refractivity contribution in [1.29, 1.82) is 0 Å². The van der Waals surface area contributed by atoms with Crippen molar-refractivity contribution in [3.8, 4) is 5.75 Å². The molecule has 2 N–H and O–H groups in total. The van der Waals surface area contributed by atoms with E-state index in [9.17, 15) is 5.11 Å². The fraction of sp³-hybridized carbons (Fsp3) is 0.562. The van der Waals surface area contributed by atoms with Crippen LogP contribution in [-0.4, -0.2) is 35.6 Å². The number of nitrogens with one attached hydrogen (secondary N) is 1. The normalized spacial score (nSPS) is 16.5. The molecule has 0 amide bonds. The minimum atomic E-state index is 0. The van der Waals surface area contributed by atoms with E-state index in [1.165, 1.54) is 12.8 Å². The fourth-order valence-corrected chi connectivity index (χ4v) is 2.41. The van der Waals surface area contributed by atoms with E-state index in [1.807, 2.05) is 12.1 Å². The van der Waals surface area contributed by atoms with Crippen molar-refractivity contribution in [3.63, 3.8) is 0 Å². The summed E-state index contributed by atoms with van der Waals surface area (Å²) in [5.74, 6) is 2.13. The maximum absolute atomic E-state index is 9.29. The summed E-state index contributed by atoms with van der Waals surface area (Å²) < 4.78 is 0. The van der Waals surface area contributed by atoms with Gasteiger partial charge in [-0.25, -0.2) is 4.99 Å². The van der Waals surface area contributed by atoms with Crippen LogP contribution in [0.25, 0.3) is 0 Å². The monoisotopic (exact) mass is 403 g/mol. The first kappa shape index (κ1) is 18.1. The van der Waals surface area contributed by atoms with Crippen LogP contribution in [-0.2, 0) is 6.54 Å². The number of likely N-dealkylation sites (tertiary alicyclic amines) is 1. The number of phenolic OH excluding ortho intramolecular Hbond substituents is 1. The molecule has 0 spiro atoms. The van der Waals surface area contributed by atoms with Gasteiger partial charge in [-0.3, -0.25) is 0 Å². The van der Waals surface area contributed by atoms with E-state index in [0.717, 1.165) is 37.1 Å². The minimum Gasteiger partial charge on any atom is -0.508 e. The van der Waals surface area contributed by atoms with Crippen LogP contribution in [0.2, 0.25) is 0 Å². The summed E-state index contributed by atoms with van der Waals surface area (Å²) in [6.45, 7) is 8.13. The molecule has 1 aliphatic heterocycles. The smallest absolute Gasteiger partial charge is 0.194 e. The first-order valence-electron chi connectivity index (χ1n) is 7.50. The van der Waals surface area contributed by atoms with Crippen LogP contribution < -0.4 is 5.32 Å². The van der Waals surface area contributed by atoms with Crippen LogP contribution in [0.1, 0.15) is 32.3 Å². The van der Waals surface area contributed by atoms with Gasteiger partial charge in [-0.1, -0.05) is 19.1 Å². The van der Waals surface area contributed by atoms with Crippen LogP contribution >= 0.6 is 24.0 Å². The largest absolute Gasteiger partial charge is 0.508 e.